The van der Waals surface area contributed by atoms with Crippen molar-refractivity contribution < 1.29 is 24.2 Å². The molecule has 0 saturated carbocycles. The molecule has 116 valence electrons. The van der Waals surface area contributed by atoms with E-state index in [0.29, 0.717) is 13.0 Å². The number of amides is 2. The Hall–Kier alpha value is -1.79. The predicted octanol–water partition coefficient (Wildman–Crippen LogP) is 1.08. The highest BCUT2D eigenvalue weighted by atomic mass is 16.5. The van der Waals surface area contributed by atoms with Gasteiger partial charge in [0.25, 0.3) is 0 Å². The van der Waals surface area contributed by atoms with E-state index in [1.165, 1.54) is 4.90 Å². The smallest absolute Gasteiger partial charge is 0.326 e. The van der Waals surface area contributed by atoms with Gasteiger partial charge in [-0.15, -0.1) is 0 Å². The number of ether oxygens (including phenoxy) is 1. The first-order valence-electron chi connectivity index (χ1n) is 6.77. The van der Waals surface area contributed by atoms with Crippen molar-refractivity contribution in [3.05, 3.63) is 0 Å². The highest BCUT2D eigenvalue weighted by Gasteiger charge is 2.26. The number of urea groups is 1. The molecule has 0 bridgehead atoms. The Morgan fingerprint density at radius 3 is 2.25 bits per heavy atom. The largest absolute Gasteiger partial charge is 0.480 e. The minimum atomic E-state index is -1.10. The number of hydrogen-bond donors (Lipinski definition) is 2. The molecule has 0 aliphatic carbocycles. The minimum absolute atomic E-state index is 0.183. The third kappa shape index (κ3) is 6.40. The number of carboxylic acid groups (broad SMARTS) is 1. The van der Waals surface area contributed by atoms with Crippen molar-refractivity contribution in [3.8, 4) is 0 Å². The number of hydrogen-bond acceptors (Lipinski definition) is 4. The number of rotatable bonds is 8. The maximum Gasteiger partial charge on any atom is 0.326 e. The summed E-state index contributed by atoms with van der Waals surface area (Å²) >= 11 is 0. The van der Waals surface area contributed by atoms with Crippen LogP contribution in [0.15, 0.2) is 0 Å². The van der Waals surface area contributed by atoms with Crippen molar-refractivity contribution in [1.29, 1.82) is 0 Å². The molecule has 7 nitrogen and oxygen atoms in total. The van der Waals surface area contributed by atoms with Crippen LogP contribution in [0, 0.1) is 5.92 Å². The Balaban J connectivity index is 4.70. The van der Waals surface area contributed by atoms with Crippen LogP contribution in [-0.4, -0.2) is 53.7 Å². The van der Waals surface area contributed by atoms with E-state index in [1.807, 2.05) is 6.92 Å². The zero-order valence-corrected chi connectivity index (χ0v) is 12.5. The molecule has 0 unspecified atom stereocenters. The number of nitrogens with zero attached hydrogens (tertiary/aromatic N) is 1. The number of carbonyl (C=O) groups excluding carboxylic acids is 2. The third-order valence-corrected chi connectivity index (χ3v) is 2.62. The molecule has 2 N–H and O–H groups in total. The fraction of sp³-hybridized carbons (Fsp3) is 0.769. The van der Waals surface area contributed by atoms with E-state index in [4.69, 9.17) is 9.84 Å². The van der Waals surface area contributed by atoms with Gasteiger partial charge in [-0.05, 0) is 19.3 Å². The van der Waals surface area contributed by atoms with E-state index >= 15 is 0 Å². The lowest BCUT2D eigenvalue weighted by molar-refractivity contribution is -0.143. The van der Waals surface area contributed by atoms with Crippen molar-refractivity contribution in [2.75, 3.05) is 19.7 Å². The van der Waals surface area contributed by atoms with E-state index in [-0.39, 0.29) is 19.1 Å². The highest BCUT2D eigenvalue weighted by Crippen LogP contribution is 2.04. The molecule has 7 heteroatoms. The molecule has 1 atom stereocenters. The fourth-order valence-electron chi connectivity index (χ4n) is 1.62. The van der Waals surface area contributed by atoms with Gasteiger partial charge >= 0.3 is 18.0 Å². The maximum absolute atomic E-state index is 12.0. The van der Waals surface area contributed by atoms with E-state index < -0.39 is 24.0 Å². The molecular formula is C13H24N2O5. The second kappa shape index (κ2) is 9.17. The van der Waals surface area contributed by atoms with Gasteiger partial charge in [0.1, 0.15) is 12.6 Å². The quantitative estimate of drug-likeness (QED) is 0.652. The maximum atomic E-state index is 12.0. The van der Waals surface area contributed by atoms with E-state index in [0.717, 1.165) is 0 Å². The molecule has 0 rings (SSSR count). The molecule has 0 spiro atoms. The van der Waals surface area contributed by atoms with Crippen LogP contribution < -0.4 is 5.32 Å². The summed E-state index contributed by atoms with van der Waals surface area (Å²) < 4.78 is 4.79. The first-order chi connectivity index (χ1) is 9.33. The fourth-order valence-corrected chi connectivity index (χ4v) is 1.62. The molecule has 2 amide bonds. The number of carboxylic acids is 1. The zero-order chi connectivity index (χ0) is 15.7. The average molecular weight is 288 g/mol. The van der Waals surface area contributed by atoms with Gasteiger partial charge in [-0.1, -0.05) is 20.8 Å². The van der Waals surface area contributed by atoms with Crippen LogP contribution in [0.2, 0.25) is 0 Å². The minimum Gasteiger partial charge on any atom is -0.480 e. The van der Waals surface area contributed by atoms with Crippen molar-refractivity contribution in [1.82, 2.24) is 10.2 Å². The molecule has 0 radical (unpaired) electrons. The monoisotopic (exact) mass is 288 g/mol. The van der Waals surface area contributed by atoms with E-state index in [9.17, 15) is 14.4 Å². The molecule has 0 aromatic carbocycles. The summed E-state index contributed by atoms with van der Waals surface area (Å²) in [5, 5.41) is 11.5. The summed E-state index contributed by atoms with van der Waals surface area (Å²) in [6.07, 6.45) is 0.659. The van der Waals surface area contributed by atoms with Crippen LogP contribution in [0.25, 0.3) is 0 Å². The van der Waals surface area contributed by atoms with E-state index in [2.05, 4.69) is 5.32 Å². The summed E-state index contributed by atoms with van der Waals surface area (Å²) in [5.74, 6) is -1.85. The molecule has 20 heavy (non-hydrogen) atoms. The number of esters is 1. The Kier molecular flexibility index (Phi) is 8.35. The second-order valence-corrected chi connectivity index (χ2v) is 4.74. The van der Waals surface area contributed by atoms with E-state index in [1.54, 1.807) is 20.8 Å². The van der Waals surface area contributed by atoms with Crippen molar-refractivity contribution >= 4 is 18.0 Å². The lowest BCUT2D eigenvalue weighted by atomic mass is 10.1. The van der Waals surface area contributed by atoms with Gasteiger partial charge in [0, 0.05) is 6.54 Å². The van der Waals surface area contributed by atoms with Crippen LogP contribution >= 0.6 is 0 Å². The summed E-state index contributed by atoms with van der Waals surface area (Å²) in [6.45, 7) is 7.37. The molecule has 0 aliphatic heterocycles. The number of carbonyl (C=O) groups is 3. The van der Waals surface area contributed by atoms with Gasteiger partial charge in [0.15, 0.2) is 0 Å². The lowest BCUT2D eigenvalue weighted by Crippen LogP contribution is -2.51. The topological polar surface area (TPSA) is 95.9 Å². The van der Waals surface area contributed by atoms with Gasteiger partial charge in [-0.3, -0.25) is 4.79 Å². The van der Waals surface area contributed by atoms with Gasteiger partial charge in [0.2, 0.25) is 0 Å². The van der Waals surface area contributed by atoms with Gasteiger partial charge in [-0.25, -0.2) is 9.59 Å². The normalized spacial score (nSPS) is 11.8. The van der Waals surface area contributed by atoms with Crippen LogP contribution in [0.1, 0.15) is 34.1 Å². The van der Waals surface area contributed by atoms with Crippen molar-refractivity contribution in [2.45, 2.75) is 40.2 Å². The molecule has 0 aromatic heterocycles. The Morgan fingerprint density at radius 2 is 1.85 bits per heavy atom. The van der Waals surface area contributed by atoms with Crippen LogP contribution in [0.4, 0.5) is 4.79 Å². The summed E-state index contributed by atoms with van der Waals surface area (Å²) in [4.78, 5) is 35.8. The molecule has 0 saturated heterocycles. The molecule has 0 heterocycles. The molecular weight excluding hydrogens is 264 g/mol. The van der Waals surface area contributed by atoms with Gasteiger partial charge < -0.3 is 20.1 Å². The summed E-state index contributed by atoms with van der Waals surface area (Å²) in [7, 11) is 0. The van der Waals surface area contributed by atoms with Crippen LogP contribution in [-0.2, 0) is 14.3 Å². The van der Waals surface area contributed by atoms with Gasteiger partial charge in [-0.2, -0.15) is 0 Å². The van der Waals surface area contributed by atoms with Crippen LogP contribution in [0.3, 0.4) is 0 Å². The SMILES string of the molecule is CCCN(CC(=O)OCC)C(=O)N[C@@H](C(=O)O)C(C)C. The first kappa shape index (κ1) is 18.2. The van der Waals surface area contributed by atoms with Crippen molar-refractivity contribution in [3.63, 3.8) is 0 Å². The highest BCUT2D eigenvalue weighted by molar-refractivity contribution is 5.85. The summed E-state index contributed by atoms with van der Waals surface area (Å²) in [6, 6.07) is -1.55. The third-order valence-electron chi connectivity index (χ3n) is 2.62. The first-order valence-corrected chi connectivity index (χ1v) is 6.77. The molecule has 0 aromatic rings. The number of aliphatic carboxylic acids is 1. The second-order valence-electron chi connectivity index (χ2n) is 4.74. The Morgan fingerprint density at radius 1 is 1.25 bits per heavy atom. The number of nitrogens with one attached hydrogen (secondary N) is 1. The molecule has 0 fully saturated rings. The van der Waals surface area contributed by atoms with Crippen LogP contribution in [0.5, 0.6) is 0 Å². The molecule has 0 aliphatic rings. The lowest BCUT2D eigenvalue weighted by Gasteiger charge is -2.25. The Bertz CT molecular complexity index is 344. The summed E-state index contributed by atoms with van der Waals surface area (Å²) in [5.41, 5.74) is 0. The predicted molar refractivity (Wildman–Crippen MR) is 73.3 cm³/mol. The average Bonchev–Trinajstić information content (AvgIpc) is 2.34. The zero-order valence-electron chi connectivity index (χ0n) is 12.5. The van der Waals surface area contributed by atoms with Gasteiger partial charge in [0.05, 0.1) is 6.61 Å². The van der Waals surface area contributed by atoms with Crippen molar-refractivity contribution in [2.24, 2.45) is 5.92 Å². The standard InChI is InChI=1S/C13H24N2O5/c1-5-7-15(8-10(16)20-6-2)13(19)14-11(9(3)4)12(17)18/h9,11H,5-8H2,1-4H3,(H,14,19)(H,17,18)/t11-/m1/s1. The Labute approximate surface area is 119 Å².